The predicted molar refractivity (Wildman–Crippen MR) is 84.3 cm³/mol. The fourth-order valence-corrected chi connectivity index (χ4v) is 1.46. The van der Waals surface area contributed by atoms with E-state index in [1.165, 1.54) is 6.42 Å². The van der Waals surface area contributed by atoms with Gasteiger partial charge < -0.3 is 15.3 Å². The van der Waals surface area contributed by atoms with Gasteiger partial charge in [0.2, 0.25) is 6.41 Å². The Morgan fingerprint density at radius 1 is 1.30 bits per heavy atom. The number of nitrogens with zero attached hydrogens (tertiary/aromatic N) is 1. The van der Waals surface area contributed by atoms with Crippen molar-refractivity contribution in [3.8, 4) is 0 Å². The fourth-order valence-electron chi connectivity index (χ4n) is 1.46. The van der Waals surface area contributed by atoms with E-state index >= 15 is 0 Å². The van der Waals surface area contributed by atoms with Crippen LogP contribution >= 0.6 is 0 Å². The molecule has 0 radical (unpaired) electrons. The third-order valence-corrected chi connectivity index (χ3v) is 2.36. The molecular formula is C15H36N2O2U. The average molecular weight is 514 g/mol. The molecule has 1 aliphatic heterocycles. The van der Waals surface area contributed by atoms with E-state index in [9.17, 15) is 4.79 Å². The molecule has 0 aromatic carbocycles. The van der Waals surface area contributed by atoms with Crippen molar-refractivity contribution in [2.45, 2.75) is 48.0 Å². The van der Waals surface area contributed by atoms with Crippen LogP contribution in [-0.2, 0) is 4.79 Å². The van der Waals surface area contributed by atoms with Crippen LogP contribution in [0.5, 0.6) is 0 Å². The summed E-state index contributed by atoms with van der Waals surface area (Å²) >= 11 is 0. The number of carbonyl (C=O) groups is 1. The minimum absolute atomic E-state index is 0. The molecule has 1 fully saturated rings. The van der Waals surface area contributed by atoms with E-state index < -0.39 is 0 Å². The molecule has 1 aliphatic rings. The smallest absolute Gasteiger partial charge is 0.207 e. The van der Waals surface area contributed by atoms with Crippen molar-refractivity contribution in [3.05, 3.63) is 0 Å². The molecule has 1 amide bonds. The molecule has 0 aliphatic carbocycles. The Morgan fingerprint density at radius 3 is 1.95 bits per heavy atom. The summed E-state index contributed by atoms with van der Waals surface area (Å²) in [6, 6.07) is 0. The van der Waals surface area contributed by atoms with Crippen molar-refractivity contribution < 1.29 is 41.0 Å². The summed E-state index contributed by atoms with van der Waals surface area (Å²) < 4.78 is 0. The third kappa shape index (κ3) is 23.5. The zero-order valence-electron chi connectivity index (χ0n) is 14.6. The monoisotopic (exact) mass is 514 g/mol. The molecule has 4 nitrogen and oxygen atoms in total. The summed E-state index contributed by atoms with van der Waals surface area (Å²) in [5.41, 5.74) is 0. The number of likely N-dealkylation sites (tertiary alicyclic amines) is 1. The number of rotatable bonds is 4. The maximum Gasteiger partial charge on any atom is 0.207 e. The van der Waals surface area contributed by atoms with Crippen molar-refractivity contribution in [2.24, 2.45) is 11.8 Å². The summed E-state index contributed by atoms with van der Waals surface area (Å²) in [4.78, 5) is 11.8. The van der Waals surface area contributed by atoms with Gasteiger partial charge in [0.1, 0.15) is 0 Å². The summed E-state index contributed by atoms with van der Waals surface area (Å²) in [5.74, 6) is 1.12. The normalized spacial score (nSPS) is 16.4. The Hall–Kier alpha value is 0.442. The summed E-state index contributed by atoms with van der Waals surface area (Å²) in [5, 5.41) is 11.2. The van der Waals surface area contributed by atoms with Crippen molar-refractivity contribution in [3.63, 3.8) is 0 Å². The Labute approximate surface area is 150 Å². The van der Waals surface area contributed by atoms with Crippen molar-refractivity contribution >= 4 is 6.41 Å². The molecule has 122 valence electrons. The molecule has 1 unspecified atom stereocenters. The van der Waals surface area contributed by atoms with Gasteiger partial charge in [-0.25, -0.2) is 0 Å². The average Bonchev–Trinajstić information content (AvgIpc) is 2.87. The molecular weight excluding hydrogens is 478 g/mol. The van der Waals surface area contributed by atoms with E-state index in [4.69, 9.17) is 5.11 Å². The maximum atomic E-state index is 9.60. The van der Waals surface area contributed by atoms with E-state index in [0.29, 0.717) is 18.4 Å². The van der Waals surface area contributed by atoms with Gasteiger partial charge in [-0.15, -0.1) is 0 Å². The molecule has 1 rings (SSSR count). The van der Waals surface area contributed by atoms with Gasteiger partial charge in [0.15, 0.2) is 0 Å². The van der Waals surface area contributed by atoms with Crippen LogP contribution in [0.15, 0.2) is 0 Å². The first-order valence-electron chi connectivity index (χ1n) is 7.56. The first-order valence-corrected chi connectivity index (χ1v) is 7.56. The van der Waals surface area contributed by atoms with Gasteiger partial charge in [-0.3, -0.25) is 4.79 Å². The molecule has 20 heavy (non-hydrogen) atoms. The van der Waals surface area contributed by atoms with Gasteiger partial charge in [0.25, 0.3) is 0 Å². The van der Waals surface area contributed by atoms with Crippen LogP contribution < -0.4 is 5.32 Å². The van der Waals surface area contributed by atoms with Crippen molar-refractivity contribution in [1.82, 2.24) is 10.2 Å². The van der Waals surface area contributed by atoms with Crippen LogP contribution in [0.25, 0.3) is 0 Å². The molecule has 0 saturated carbocycles. The first-order chi connectivity index (χ1) is 9.10. The zero-order valence-corrected chi connectivity index (χ0v) is 18.7. The Balaban J connectivity index is -0.0000000991. The molecule has 0 bridgehead atoms. The van der Waals surface area contributed by atoms with Crippen LogP contribution in [-0.4, -0.2) is 49.7 Å². The summed E-state index contributed by atoms with van der Waals surface area (Å²) in [6.07, 6.45) is 1.90. The van der Waals surface area contributed by atoms with Crippen LogP contribution in [0.4, 0.5) is 0 Å². The van der Waals surface area contributed by atoms with E-state index in [1.807, 2.05) is 27.7 Å². The Bertz CT molecular complexity index is 170. The minimum atomic E-state index is 0. The van der Waals surface area contributed by atoms with Gasteiger partial charge in [-0.05, 0) is 31.8 Å². The molecule has 5 heteroatoms. The molecule has 1 atom stereocenters. The Morgan fingerprint density at radius 2 is 1.80 bits per heavy atom. The van der Waals surface area contributed by atoms with Crippen LogP contribution in [0.3, 0.4) is 0 Å². The summed E-state index contributed by atoms with van der Waals surface area (Å²) in [6.45, 7) is 15.5. The van der Waals surface area contributed by atoms with E-state index in [2.05, 4.69) is 31.1 Å². The topological polar surface area (TPSA) is 52.6 Å². The largest absolute Gasteiger partial charge is 0.396 e. The third-order valence-electron chi connectivity index (χ3n) is 2.36. The second-order valence-electron chi connectivity index (χ2n) is 4.52. The van der Waals surface area contributed by atoms with Crippen LogP contribution in [0, 0.1) is 42.9 Å². The van der Waals surface area contributed by atoms with E-state index in [1.54, 1.807) is 0 Å². The molecule has 1 heterocycles. The maximum absolute atomic E-state index is 9.60. The van der Waals surface area contributed by atoms with Gasteiger partial charge in [0.05, 0.1) is 0 Å². The minimum Gasteiger partial charge on any atom is -0.396 e. The van der Waals surface area contributed by atoms with Crippen LogP contribution in [0.2, 0.25) is 0 Å². The second kappa shape index (κ2) is 24.5. The summed E-state index contributed by atoms with van der Waals surface area (Å²) in [7, 11) is 2.09. The van der Waals surface area contributed by atoms with E-state index in [-0.39, 0.29) is 31.1 Å². The molecule has 0 aromatic rings. The molecule has 0 spiro atoms. The van der Waals surface area contributed by atoms with Gasteiger partial charge >= 0.3 is 0 Å². The molecule has 1 saturated heterocycles. The number of hydrogen-bond acceptors (Lipinski definition) is 3. The van der Waals surface area contributed by atoms with E-state index in [0.717, 1.165) is 26.0 Å². The van der Waals surface area contributed by atoms with Crippen molar-refractivity contribution in [2.75, 3.05) is 33.3 Å². The first kappa shape index (κ1) is 28.6. The molecule has 2 N–H and O–H groups in total. The van der Waals surface area contributed by atoms with Gasteiger partial charge in [-0.1, -0.05) is 41.5 Å². The zero-order chi connectivity index (χ0) is 15.7. The molecule has 0 aromatic heterocycles. The Kier molecular flexibility index (Phi) is 35.0. The number of hydrogen-bond donors (Lipinski definition) is 2. The predicted octanol–water partition coefficient (Wildman–Crippen LogP) is 2.37. The SMILES string of the molecule is CC.CC.CC(C)CNC=O.CN1CCC(CO)C1.[U]. The fraction of sp³-hybridized carbons (Fsp3) is 0.933. The van der Waals surface area contributed by atoms with Crippen LogP contribution in [0.1, 0.15) is 48.0 Å². The number of aliphatic hydroxyl groups is 1. The quantitative estimate of drug-likeness (QED) is 0.567. The van der Waals surface area contributed by atoms with Gasteiger partial charge in [-0.2, -0.15) is 0 Å². The number of aliphatic hydroxyl groups excluding tert-OH is 1. The standard InChI is InChI=1S/C6H13NO.C5H11NO.2C2H6.U/c1-7-3-2-6(4-7)5-8;1-5(2)3-6-4-7;2*1-2;/h6,8H,2-5H2,1H3;4-5H,3H2,1-2H3,(H,6,7);2*1-2H3;. The van der Waals surface area contributed by atoms with Crippen molar-refractivity contribution in [1.29, 1.82) is 0 Å². The van der Waals surface area contributed by atoms with Gasteiger partial charge in [0, 0.05) is 50.8 Å². The number of carbonyl (C=O) groups excluding carboxylic acids is 1. The number of amides is 1. The second-order valence-corrected chi connectivity index (χ2v) is 4.52. The number of nitrogens with one attached hydrogen (secondary N) is 1.